The molecular weight excluding hydrogens is 292 g/mol. The van der Waals surface area contributed by atoms with Gasteiger partial charge in [-0.05, 0) is 12.1 Å². The number of halogens is 3. The standard InChI is InChI=1S/C7H7NO2.CHCl3.CH4O.H2O/c9-7(10)5-6-3-1-2-4-8-6;2-1(3)4;1-2;/h1-4H,5H2,(H,9,10);1H;2H,1H3;1H2. The van der Waals surface area contributed by atoms with Gasteiger partial charge in [0.15, 0.2) is 4.30 Å². The summed E-state index contributed by atoms with van der Waals surface area (Å²) >= 11 is 14.4. The van der Waals surface area contributed by atoms with Crippen molar-refractivity contribution in [3.63, 3.8) is 0 Å². The first-order chi connectivity index (χ1) is 7.52. The number of aliphatic hydroxyl groups excluding tert-OH is 1. The summed E-state index contributed by atoms with van der Waals surface area (Å²) in [4.78, 5) is 14.0. The molecule has 0 aliphatic rings. The largest absolute Gasteiger partial charge is 0.481 e. The summed E-state index contributed by atoms with van der Waals surface area (Å²) in [6.45, 7) is 0. The molecule has 0 atom stereocenters. The topological polar surface area (TPSA) is 102 Å². The molecule has 0 spiro atoms. The number of aliphatic carboxylic acids is 1. The van der Waals surface area contributed by atoms with Crippen molar-refractivity contribution >= 4 is 40.8 Å². The number of aliphatic hydroxyl groups is 1. The molecule has 5 nitrogen and oxygen atoms in total. The lowest BCUT2D eigenvalue weighted by molar-refractivity contribution is -0.136. The van der Waals surface area contributed by atoms with Gasteiger partial charge in [-0.1, -0.05) is 40.9 Å². The van der Waals surface area contributed by atoms with E-state index in [0.717, 1.165) is 7.11 Å². The van der Waals surface area contributed by atoms with Gasteiger partial charge in [-0.3, -0.25) is 9.78 Å². The maximum Gasteiger partial charge on any atom is 0.309 e. The van der Waals surface area contributed by atoms with Crippen LogP contribution in [-0.2, 0) is 11.2 Å². The molecule has 1 heterocycles. The molecule has 0 fully saturated rings. The Kier molecular flexibility index (Phi) is 19.6. The van der Waals surface area contributed by atoms with Gasteiger partial charge in [-0.25, -0.2) is 0 Å². The van der Waals surface area contributed by atoms with Crippen LogP contribution in [0.2, 0.25) is 0 Å². The number of hydrogen-bond acceptors (Lipinski definition) is 3. The third-order valence-corrected chi connectivity index (χ3v) is 1.06. The molecule has 0 saturated heterocycles. The van der Waals surface area contributed by atoms with E-state index in [1.54, 1.807) is 24.4 Å². The Labute approximate surface area is 114 Å². The summed E-state index contributed by atoms with van der Waals surface area (Å²) in [5.74, 6) is -0.848. The average molecular weight is 307 g/mol. The van der Waals surface area contributed by atoms with Gasteiger partial charge in [0.05, 0.1) is 12.1 Å². The van der Waals surface area contributed by atoms with Crippen LogP contribution in [0.3, 0.4) is 0 Å². The molecule has 4 N–H and O–H groups in total. The second-order valence-electron chi connectivity index (χ2n) is 2.14. The molecule has 8 heteroatoms. The number of hydrogen-bond donors (Lipinski definition) is 2. The van der Waals surface area contributed by atoms with Crippen molar-refractivity contribution in [1.82, 2.24) is 4.98 Å². The zero-order valence-corrected chi connectivity index (χ0v) is 11.2. The maximum absolute atomic E-state index is 10.1. The van der Waals surface area contributed by atoms with Crippen LogP contribution in [0, 0.1) is 0 Å². The number of pyridine rings is 1. The third-order valence-electron chi connectivity index (χ3n) is 1.06. The Hall–Kier alpha value is -0.590. The minimum Gasteiger partial charge on any atom is -0.481 e. The summed E-state index contributed by atoms with van der Waals surface area (Å²) in [6.07, 6.45) is 1.58. The summed E-state index contributed by atoms with van der Waals surface area (Å²) in [7, 11) is 1.00. The van der Waals surface area contributed by atoms with Crippen LogP contribution in [0.4, 0.5) is 0 Å². The molecule has 0 unspecified atom stereocenters. The second-order valence-corrected chi connectivity index (χ2v) is 4.12. The van der Waals surface area contributed by atoms with Crippen LogP contribution in [0.25, 0.3) is 0 Å². The normalized spacial score (nSPS) is 7.88. The van der Waals surface area contributed by atoms with Crippen molar-refractivity contribution in [3.05, 3.63) is 30.1 Å². The molecule has 0 saturated carbocycles. The van der Waals surface area contributed by atoms with E-state index in [9.17, 15) is 4.79 Å². The van der Waals surface area contributed by atoms with Gasteiger partial charge in [-0.15, -0.1) is 0 Å². The Morgan fingerprint density at radius 2 is 1.82 bits per heavy atom. The molecule has 0 amide bonds. The summed E-state index contributed by atoms with van der Waals surface area (Å²) in [5, 5.41) is 15.3. The molecule has 0 bridgehead atoms. The summed E-state index contributed by atoms with van der Waals surface area (Å²) < 4.78 is -0.750. The molecule has 0 aromatic carbocycles. The Balaban J connectivity index is -0.000000242. The third kappa shape index (κ3) is 21.3. The molecule has 1 rings (SSSR count). The number of carboxylic acid groups (broad SMARTS) is 1. The summed E-state index contributed by atoms with van der Waals surface area (Å²) in [5.41, 5.74) is 0.593. The molecule has 17 heavy (non-hydrogen) atoms. The average Bonchev–Trinajstić information content (AvgIpc) is 2.20. The number of rotatable bonds is 2. The van der Waals surface area contributed by atoms with E-state index in [1.807, 2.05) is 0 Å². The van der Waals surface area contributed by atoms with Crippen LogP contribution in [0.15, 0.2) is 24.4 Å². The lowest BCUT2D eigenvalue weighted by Gasteiger charge is -1.91. The van der Waals surface area contributed by atoms with Gasteiger partial charge in [0.2, 0.25) is 0 Å². The zero-order valence-electron chi connectivity index (χ0n) is 8.98. The van der Waals surface area contributed by atoms with Crippen LogP contribution in [0.5, 0.6) is 0 Å². The fourth-order valence-electron chi connectivity index (χ4n) is 0.658. The van der Waals surface area contributed by atoms with Gasteiger partial charge >= 0.3 is 5.97 Å². The van der Waals surface area contributed by atoms with Crippen molar-refractivity contribution in [2.24, 2.45) is 0 Å². The molecular formula is C9H14Cl3NO4. The number of alkyl halides is 3. The molecule has 0 aliphatic carbocycles. The monoisotopic (exact) mass is 305 g/mol. The first-order valence-corrected chi connectivity index (χ1v) is 5.32. The smallest absolute Gasteiger partial charge is 0.309 e. The van der Waals surface area contributed by atoms with E-state index >= 15 is 0 Å². The van der Waals surface area contributed by atoms with E-state index in [1.165, 1.54) is 0 Å². The lowest BCUT2D eigenvalue weighted by Crippen LogP contribution is -2.01. The predicted molar refractivity (Wildman–Crippen MR) is 68.7 cm³/mol. The maximum atomic E-state index is 10.1. The minimum absolute atomic E-state index is 0. The van der Waals surface area contributed by atoms with Crippen LogP contribution in [0.1, 0.15) is 5.69 Å². The Bertz CT molecular complexity index is 269. The second kappa shape index (κ2) is 15.4. The highest BCUT2D eigenvalue weighted by molar-refractivity contribution is 6.63. The van der Waals surface area contributed by atoms with E-state index in [-0.39, 0.29) is 11.9 Å². The molecule has 1 aromatic heterocycles. The fourth-order valence-corrected chi connectivity index (χ4v) is 0.658. The molecule has 1 aromatic rings. The van der Waals surface area contributed by atoms with Crippen molar-refractivity contribution in [2.45, 2.75) is 10.7 Å². The Morgan fingerprint density at radius 3 is 2.12 bits per heavy atom. The fraction of sp³-hybridized carbons (Fsp3) is 0.333. The van der Waals surface area contributed by atoms with Crippen LogP contribution >= 0.6 is 34.8 Å². The van der Waals surface area contributed by atoms with E-state index in [0.29, 0.717) is 5.69 Å². The molecule has 100 valence electrons. The van der Waals surface area contributed by atoms with Crippen molar-refractivity contribution in [2.75, 3.05) is 7.11 Å². The van der Waals surface area contributed by atoms with E-state index in [4.69, 9.17) is 45.0 Å². The van der Waals surface area contributed by atoms with Gasteiger partial charge < -0.3 is 15.7 Å². The van der Waals surface area contributed by atoms with E-state index in [2.05, 4.69) is 4.98 Å². The Morgan fingerprint density at radius 1 is 1.35 bits per heavy atom. The lowest BCUT2D eigenvalue weighted by atomic mass is 10.3. The zero-order chi connectivity index (χ0) is 13.0. The predicted octanol–water partition coefficient (Wildman–Crippen LogP) is 1.48. The van der Waals surface area contributed by atoms with Crippen LogP contribution in [-0.4, -0.2) is 38.0 Å². The number of carbonyl (C=O) groups is 1. The number of nitrogens with zero attached hydrogens (tertiary/aromatic N) is 1. The van der Waals surface area contributed by atoms with Gasteiger partial charge in [0.25, 0.3) is 0 Å². The number of aromatic nitrogens is 1. The van der Waals surface area contributed by atoms with E-state index < -0.39 is 10.3 Å². The van der Waals surface area contributed by atoms with Gasteiger partial charge in [0.1, 0.15) is 0 Å². The highest BCUT2D eigenvalue weighted by Crippen LogP contribution is 2.03. The minimum atomic E-state index is -0.848. The number of carboxylic acids is 1. The van der Waals surface area contributed by atoms with Crippen LogP contribution < -0.4 is 0 Å². The quantitative estimate of drug-likeness (QED) is 0.808. The van der Waals surface area contributed by atoms with Gasteiger partial charge in [0, 0.05) is 13.3 Å². The van der Waals surface area contributed by atoms with Crippen molar-refractivity contribution in [3.8, 4) is 0 Å². The van der Waals surface area contributed by atoms with Crippen molar-refractivity contribution < 1.29 is 20.5 Å². The van der Waals surface area contributed by atoms with Gasteiger partial charge in [-0.2, -0.15) is 0 Å². The SMILES string of the molecule is CO.ClC(Cl)Cl.O.O=C(O)Cc1ccccn1. The first kappa shape index (κ1) is 21.7. The highest BCUT2D eigenvalue weighted by atomic mass is 35.6. The highest BCUT2D eigenvalue weighted by Gasteiger charge is 1.98. The van der Waals surface area contributed by atoms with Crippen molar-refractivity contribution in [1.29, 1.82) is 0 Å². The first-order valence-electron chi connectivity index (χ1n) is 4.01. The molecule has 0 radical (unpaired) electrons. The molecule has 0 aliphatic heterocycles. The summed E-state index contributed by atoms with van der Waals surface area (Å²) in [6, 6.07) is 5.21.